The molecule has 0 radical (unpaired) electrons. The lowest BCUT2D eigenvalue weighted by atomic mass is 10.2. The third kappa shape index (κ3) is 5.03. The topological polar surface area (TPSA) is 126 Å². The fourth-order valence-electron chi connectivity index (χ4n) is 4.24. The zero-order valence-electron chi connectivity index (χ0n) is 19.0. The Morgan fingerprint density at radius 3 is 2.18 bits per heavy atom. The number of nitrogens with zero attached hydrogens (tertiary/aromatic N) is 5. The summed E-state index contributed by atoms with van der Waals surface area (Å²) in [5, 5.41) is 10.8. The number of anilines is 1. The number of piperazine rings is 1. The molecular weight excluding hydrogens is 462 g/mol. The SMILES string of the molecule is CC1CN(S(=O)(=O)c2ccc(C(=O)N3CCN(c4ccc([N+](=O)[O-])cn4)CC3)cc2)CC(C)O1. The normalized spacial score (nSPS) is 21.9. The van der Waals surface area contributed by atoms with Crippen LogP contribution in [-0.4, -0.2) is 84.9 Å². The summed E-state index contributed by atoms with van der Waals surface area (Å²) in [4.78, 5) is 31.2. The first-order valence-electron chi connectivity index (χ1n) is 11.1. The fourth-order valence-corrected chi connectivity index (χ4v) is 5.83. The van der Waals surface area contributed by atoms with Gasteiger partial charge in [-0.25, -0.2) is 13.4 Å². The van der Waals surface area contributed by atoms with Crippen molar-refractivity contribution in [2.24, 2.45) is 0 Å². The molecule has 11 nitrogen and oxygen atoms in total. The number of benzene rings is 1. The van der Waals surface area contributed by atoms with Crippen LogP contribution in [0.2, 0.25) is 0 Å². The maximum Gasteiger partial charge on any atom is 0.287 e. The molecule has 1 amide bonds. The number of aromatic nitrogens is 1. The molecule has 2 fully saturated rings. The molecule has 0 bridgehead atoms. The number of nitro groups is 1. The smallest absolute Gasteiger partial charge is 0.287 e. The summed E-state index contributed by atoms with van der Waals surface area (Å²) in [5.74, 6) is 0.452. The lowest BCUT2D eigenvalue weighted by Crippen LogP contribution is -2.49. The van der Waals surface area contributed by atoms with Crippen LogP contribution in [0.5, 0.6) is 0 Å². The van der Waals surface area contributed by atoms with E-state index in [2.05, 4.69) is 4.98 Å². The number of rotatable bonds is 5. The first-order valence-corrected chi connectivity index (χ1v) is 12.5. The number of amides is 1. The van der Waals surface area contributed by atoms with Crippen molar-refractivity contribution in [1.29, 1.82) is 0 Å². The second-order valence-electron chi connectivity index (χ2n) is 8.51. The molecular formula is C22H27N5O6S. The number of hydrogen-bond donors (Lipinski definition) is 0. The van der Waals surface area contributed by atoms with E-state index in [-0.39, 0.29) is 28.7 Å². The van der Waals surface area contributed by atoms with Gasteiger partial charge in [-0.05, 0) is 44.2 Å². The van der Waals surface area contributed by atoms with Crippen LogP contribution in [0.3, 0.4) is 0 Å². The molecule has 2 aliphatic rings. The Labute approximate surface area is 198 Å². The van der Waals surface area contributed by atoms with Gasteiger partial charge in [0, 0.05) is 50.9 Å². The van der Waals surface area contributed by atoms with E-state index in [1.165, 1.54) is 28.7 Å². The van der Waals surface area contributed by atoms with E-state index in [1.54, 1.807) is 23.1 Å². The van der Waals surface area contributed by atoms with E-state index in [4.69, 9.17) is 4.74 Å². The van der Waals surface area contributed by atoms with Gasteiger partial charge in [-0.3, -0.25) is 14.9 Å². The second kappa shape index (κ2) is 9.65. The summed E-state index contributed by atoms with van der Waals surface area (Å²) in [7, 11) is -3.67. The predicted octanol–water partition coefficient (Wildman–Crippen LogP) is 1.75. The first kappa shape index (κ1) is 24.0. The molecule has 182 valence electrons. The molecule has 1 aromatic carbocycles. The molecule has 2 aliphatic heterocycles. The standard InChI is InChI=1S/C22H27N5O6S/c1-16-14-26(15-17(2)33-16)34(31,32)20-6-3-18(4-7-20)22(28)25-11-9-24(10-12-25)21-8-5-19(13-23-21)27(29)30/h3-8,13,16-17H,9-12,14-15H2,1-2H3. The summed E-state index contributed by atoms with van der Waals surface area (Å²) < 4.78 is 33.1. The number of carbonyl (C=O) groups is 1. The van der Waals surface area contributed by atoms with Crippen LogP contribution in [0.1, 0.15) is 24.2 Å². The van der Waals surface area contributed by atoms with Crippen LogP contribution in [-0.2, 0) is 14.8 Å². The highest BCUT2D eigenvalue weighted by molar-refractivity contribution is 7.89. The molecule has 2 unspecified atom stereocenters. The second-order valence-corrected chi connectivity index (χ2v) is 10.5. The Hall–Kier alpha value is -3.09. The summed E-state index contributed by atoms with van der Waals surface area (Å²) in [6, 6.07) is 9.06. The lowest BCUT2D eigenvalue weighted by molar-refractivity contribution is -0.385. The fraction of sp³-hybridized carbons (Fsp3) is 0.455. The van der Waals surface area contributed by atoms with Crippen LogP contribution < -0.4 is 4.90 Å². The van der Waals surface area contributed by atoms with Crippen LogP contribution in [0, 0.1) is 10.1 Å². The number of ether oxygens (including phenoxy) is 1. The number of carbonyl (C=O) groups excluding carboxylic acids is 1. The summed E-state index contributed by atoms with van der Waals surface area (Å²) in [6.45, 7) is 6.27. The highest BCUT2D eigenvalue weighted by Crippen LogP contribution is 2.23. The molecule has 0 spiro atoms. The molecule has 2 aromatic rings. The van der Waals surface area contributed by atoms with Gasteiger partial charge in [0.1, 0.15) is 12.0 Å². The van der Waals surface area contributed by atoms with E-state index in [0.29, 0.717) is 50.6 Å². The predicted molar refractivity (Wildman–Crippen MR) is 124 cm³/mol. The van der Waals surface area contributed by atoms with Crippen molar-refractivity contribution >= 4 is 27.4 Å². The third-order valence-corrected chi connectivity index (χ3v) is 7.80. The molecule has 0 saturated carbocycles. The molecule has 12 heteroatoms. The summed E-state index contributed by atoms with van der Waals surface area (Å²) >= 11 is 0. The molecule has 0 N–H and O–H groups in total. The summed E-state index contributed by atoms with van der Waals surface area (Å²) in [5.41, 5.74) is 0.352. The van der Waals surface area contributed by atoms with Crippen LogP contribution in [0.4, 0.5) is 11.5 Å². The Bertz CT molecular complexity index is 1140. The average molecular weight is 490 g/mol. The van der Waals surface area contributed by atoms with Crippen molar-refractivity contribution in [2.75, 3.05) is 44.2 Å². The van der Waals surface area contributed by atoms with E-state index >= 15 is 0 Å². The number of sulfonamides is 1. The molecule has 34 heavy (non-hydrogen) atoms. The van der Waals surface area contributed by atoms with Crippen LogP contribution in [0.15, 0.2) is 47.5 Å². The lowest BCUT2D eigenvalue weighted by Gasteiger charge is -2.35. The quantitative estimate of drug-likeness (QED) is 0.459. The summed E-state index contributed by atoms with van der Waals surface area (Å²) in [6.07, 6.45) is 0.860. The van der Waals surface area contributed by atoms with E-state index in [1.807, 2.05) is 18.7 Å². The maximum atomic E-state index is 13.0. The number of morpholine rings is 1. The van der Waals surface area contributed by atoms with Crippen molar-refractivity contribution in [3.05, 3.63) is 58.3 Å². The van der Waals surface area contributed by atoms with E-state index in [9.17, 15) is 23.3 Å². The zero-order chi connectivity index (χ0) is 24.5. The Kier molecular flexibility index (Phi) is 6.82. The van der Waals surface area contributed by atoms with Crippen molar-refractivity contribution < 1.29 is 22.9 Å². The minimum Gasteiger partial charge on any atom is -0.373 e. The molecule has 3 heterocycles. The molecule has 4 rings (SSSR count). The highest BCUT2D eigenvalue weighted by atomic mass is 32.2. The van der Waals surface area contributed by atoms with Gasteiger partial charge >= 0.3 is 0 Å². The van der Waals surface area contributed by atoms with E-state index in [0.717, 1.165) is 0 Å². The molecule has 2 atom stereocenters. The van der Waals surface area contributed by atoms with Gasteiger partial charge in [0.25, 0.3) is 11.6 Å². The molecule has 1 aromatic heterocycles. The third-order valence-electron chi connectivity index (χ3n) is 5.96. The average Bonchev–Trinajstić information content (AvgIpc) is 2.83. The van der Waals surface area contributed by atoms with Gasteiger partial charge in [-0.2, -0.15) is 4.31 Å². The van der Waals surface area contributed by atoms with Crippen molar-refractivity contribution in [2.45, 2.75) is 31.0 Å². The minimum absolute atomic E-state index is 0.0688. The minimum atomic E-state index is -3.67. The Morgan fingerprint density at radius 2 is 1.65 bits per heavy atom. The van der Waals surface area contributed by atoms with Gasteiger partial charge in [0.15, 0.2) is 0 Å². The maximum absolute atomic E-state index is 13.0. The van der Waals surface area contributed by atoms with Crippen LogP contribution >= 0.6 is 0 Å². The molecule has 0 aliphatic carbocycles. The van der Waals surface area contributed by atoms with Crippen molar-refractivity contribution in [1.82, 2.24) is 14.2 Å². The number of hydrogen-bond acceptors (Lipinski definition) is 8. The van der Waals surface area contributed by atoms with Gasteiger partial charge < -0.3 is 14.5 Å². The Morgan fingerprint density at radius 1 is 1.03 bits per heavy atom. The zero-order valence-corrected chi connectivity index (χ0v) is 19.8. The van der Waals surface area contributed by atoms with Gasteiger partial charge in [-0.1, -0.05) is 0 Å². The van der Waals surface area contributed by atoms with Gasteiger partial charge in [0.2, 0.25) is 10.0 Å². The van der Waals surface area contributed by atoms with Crippen molar-refractivity contribution in [3.8, 4) is 0 Å². The Balaban J connectivity index is 1.38. The van der Waals surface area contributed by atoms with Gasteiger partial charge in [0.05, 0.1) is 22.0 Å². The molecule has 2 saturated heterocycles. The monoisotopic (exact) mass is 489 g/mol. The first-order chi connectivity index (χ1) is 16.1. The van der Waals surface area contributed by atoms with Crippen molar-refractivity contribution in [3.63, 3.8) is 0 Å². The van der Waals surface area contributed by atoms with E-state index < -0.39 is 14.9 Å². The van der Waals surface area contributed by atoms with Gasteiger partial charge in [-0.15, -0.1) is 0 Å². The highest BCUT2D eigenvalue weighted by Gasteiger charge is 2.32. The largest absolute Gasteiger partial charge is 0.373 e. The number of pyridine rings is 1. The van der Waals surface area contributed by atoms with Crippen LogP contribution in [0.25, 0.3) is 0 Å².